The lowest BCUT2D eigenvalue weighted by Crippen LogP contribution is -2.13. The summed E-state index contributed by atoms with van der Waals surface area (Å²) in [5, 5.41) is 2.82. The number of hydrogen-bond acceptors (Lipinski definition) is 5. The highest BCUT2D eigenvalue weighted by Crippen LogP contribution is 2.34. The van der Waals surface area contributed by atoms with Crippen molar-refractivity contribution in [3.63, 3.8) is 0 Å². The minimum absolute atomic E-state index is 0.121. The molecule has 2 aromatic heterocycles. The van der Waals surface area contributed by atoms with Crippen LogP contribution in [0.3, 0.4) is 0 Å². The quantitative estimate of drug-likeness (QED) is 0.740. The minimum atomic E-state index is -4.59. The second-order valence-electron chi connectivity index (χ2n) is 5.37. The van der Waals surface area contributed by atoms with Crippen molar-refractivity contribution in [1.82, 2.24) is 15.0 Å². The number of rotatable bonds is 5. The van der Waals surface area contributed by atoms with Crippen LogP contribution in [-0.4, -0.2) is 22.1 Å². The number of para-hydroxylation sites is 1. The van der Waals surface area contributed by atoms with Gasteiger partial charge in [0.2, 0.25) is 5.95 Å². The maximum absolute atomic E-state index is 13.2. The predicted molar refractivity (Wildman–Crippen MR) is 90.6 cm³/mol. The summed E-state index contributed by atoms with van der Waals surface area (Å²) in [7, 11) is 1.45. The molecule has 0 spiro atoms. The lowest BCUT2D eigenvalue weighted by atomic mass is 10.1. The number of ether oxygens (including phenoxy) is 1. The van der Waals surface area contributed by atoms with Crippen LogP contribution in [0.1, 0.15) is 11.3 Å². The molecule has 0 atom stereocenters. The number of nitrogens with one attached hydrogen (secondary N) is 1. The third-order valence-electron chi connectivity index (χ3n) is 3.57. The van der Waals surface area contributed by atoms with Gasteiger partial charge in [0.05, 0.1) is 12.8 Å². The Morgan fingerprint density at radius 2 is 1.88 bits per heavy atom. The summed E-state index contributed by atoms with van der Waals surface area (Å²) in [6, 6.07) is 11.2. The number of methoxy groups -OCH3 is 1. The van der Waals surface area contributed by atoms with Gasteiger partial charge in [-0.05, 0) is 29.8 Å². The topological polar surface area (TPSA) is 59.9 Å². The van der Waals surface area contributed by atoms with Crippen LogP contribution in [0.4, 0.5) is 19.1 Å². The zero-order valence-electron chi connectivity index (χ0n) is 13.8. The van der Waals surface area contributed by atoms with E-state index in [0.717, 1.165) is 11.6 Å². The highest BCUT2D eigenvalue weighted by atomic mass is 19.4. The molecule has 26 heavy (non-hydrogen) atoms. The van der Waals surface area contributed by atoms with Crippen molar-refractivity contribution in [1.29, 1.82) is 0 Å². The van der Waals surface area contributed by atoms with E-state index in [1.807, 2.05) is 0 Å². The average Bonchev–Trinajstić information content (AvgIpc) is 2.66. The van der Waals surface area contributed by atoms with Crippen LogP contribution in [0.25, 0.3) is 11.3 Å². The van der Waals surface area contributed by atoms with Crippen molar-refractivity contribution in [3.05, 3.63) is 66.1 Å². The van der Waals surface area contributed by atoms with Crippen molar-refractivity contribution >= 4 is 5.95 Å². The van der Waals surface area contributed by atoms with Gasteiger partial charge in [0.15, 0.2) is 5.69 Å². The molecule has 1 N–H and O–H groups in total. The molecule has 0 unspecified atom stereocenters. The van der Waals surface area contributed by atoms with Crippen molar-refractivity contribution in [3.8, 4) is 17.0 Å². The third kappa shape index (κ3) is 4.08. The molecule has 0 amide bonds. The fraction of sp³-hybridized carbons (Fsp3) is 0.167. The molecule has 0 saturated carbocycles. The molecule has 0 fully saturated rings. The summed E-state index contributed by atoms with van der Waals surface area (Å²) < 4.78 is 45.0. The van der Waals surface area contributed by atoms with Gasteiger partial charge in [-0.15, -0.1) is 0 Å². The van der Waals surface area contributed by atoms with Crippen LogP contribution >= 0.6 is 0 Å². The number of hydrogen-bond donors (Lipinski definition) is 1. The predicted octanol–water partition coefficient (Wildman–Crippen LogP) is 4.18. The molecule has 0 aliphatic carbocycles. The molecule has 134 valence electrons. The Bertz CT molecular complexity index is 885. The molecule has 0 aliphatic heterocycles. The highest BCUT2D eigenvalue weighted by molar-refractivity contribution is 5.68. The third-order valence-corrected chi connectivity index (χ3v) is 3.57. The van der Waals surface area contributed by atoms with E-state index in [1.54, 1.807) is 48.8 Å². The van der Waals surface area contributed by atoms with E-state index < -0.39 is 11.9 Å². The van der Waals surface area contributed by atoms with Crippen LogP contribution in [0.15, 0.2) is 54.9 Å². The van der Waals surface area contributed by atoms with Gasteiger partial charge in [-0.25, -0.2) is 9.97 Å². The highest BCUT2D eigenvalue weighted by Gasteiger charge is 2.34. The monoisotopic (exact) mass is 360 g/mol. The van der Waals surface area contributed by atoms with E-state index in [9.17, 15) is 13.2 Å². The van der Waals surface area contributed by atoms with Crippen molar-refractivity contribution in [2.24, 2.45) is 0 Å². The van der Waals surface area contributed by atoms with E-state index >= 15 is 0 Å². The standard InChI is InChI=1S/C18H15F3N4O/c1-26-15-7-3-2-6-13(15)14-9-16(18(19,20)21)25-17(24-14)23-11-12-5-4-8-22-10-12/h2-10H,11H2,1H3,(H,23,24,25). The van der Waals surface area contributed by atoms with E-state index in [0.29, 0.717) is 11.3 Å². The molecule has 0 aliphatic rings. The van der Waals surface area contributed by atoms with Gasteiger partial charge in [0.25, 0.3) is 0 Å². The summed E-state index contributed by atoms with van der Waals surface area (Å²) in [5.74, 6) is 0.308. The van der Waals surface area contributed by atoms with E-state index in [4.69, 9.17) is 4.74 Å². The van der Waals surface area contributed by atoms with Crippen molar-refractivity contribution in [2.75, 3.05) is 12.4 Å². The SMILES string of the molecule is COc1ccccc1-c1cc(C(F)(F)F)nc(NCc2cccnc2)n1. The Morgan fingerprint density at radius 3 is 2.58 bits per heavy atom. The van der Waals surface area contributed by atoms with Crippen LogP contribution in [-0.2, 0) is 12.7 Å². The van der Waals surface area contributed by atoms with Crippen LogP contribution in [0.5, 0.6) is 5.75 Å². The maximum Gasteiger partial charge on any atom is 0.433 e. The number of alkyl halides is 3. The van der Waals surface area contributed by atoms with E-state index in [2.05, 4.69) is 20.3 Å². The van der Waals surface area contributed by atoms with Crippen molar-refractivity contribution < 1.29 is 17.9 Å². The number of anilines is 1. The fourth-order valence-electron chi connectivity index (χ4n) is 2.35. The van der Waals surface area contributed by atoms with Crippen molar-refractivity contribution in [2.45, 2.75) is 12.7 Å². The Hall–Kier alpha value is -3.16. The normalized spacial score (nSPS) is 11.2. The van der Waals surface area contributed by atoms with E-state index in [-0.39, 0.29) is 18.2 Å². The molecule has 8 heteroatoms. The number of pyridine rings is 1. The lowest BCUT2D eigenvalue weighted by molar-refractivity contribution is -0.141. The van der Waals surface area contributed by atoms with Gasteiger partial charge in [0.1, 0.15) is 5.75 Å². The first-order valence-corrected chi connectivity index (χ1v) is 7.70. The van der Waals surface area contributed by atoms with Gasteiger partial charge >= 0.3 is 6.18 Å². The summed E-state index contributed by atoms with van der Waals surface area (Å²) in [4.78, 5) is 11.8. The Balaban J connectivity index is 1.99. The molecule has 3 aromatic rings. The summed E-state index contributed by atoms with van der Waals surface area (Å²) in [6.45, 7) is 0.251. The van der Waals surface area contributed by atoms with Crippen LogP contribution in [0.2, 0.25) is 0 Å². The molecule has 0 bridgehead atoms. The van der Waals surface area contributed by atoms with Gasteiger partial charge < -0.3 is 10.1 Å². The molecular weight excluding hydrogens is 345 g/mol. The molecule has 1 aromatic carbocycles. The van der Waals surface area contributed by atoms with Crippen LogP contribution in [0, 0.1) is 0 Å². The minimum Gasteiger partial charge on any atom is -0.496 e. The summed E-state index contributed by atoms with van der Waals surface area (Å²) in [5.41, 5.74) is 0.347. The molecule has 0 radical (unpaired) electrons. The Kier molecular flexibility index (Phi) is 5.01. The van der Waals surface area contributed by atoms with Crippen LogP contribution < -0.4 is 10.1 Å². The molecule has 3 rings (SSSR count). The van der Waals surface area contributed by atoms with Gasteiger partial charge in [-0.3, -0.25) is 4.98 Å². The second-order valence-corrected chi connectivity index (χ2v) is 5.37. The first-order valence-electron chi connectivity index (χ1n) is 7.70. The summed E-state index contributed by atoms with van der Waals surface area (Å²) in [6.07, 6.45) is -1.36. The maximum atomic E-state index is 13.2. The first kappa shape index (κ1) is 17.7. The fourth-order valence-corrected chi connectivity index (χ4v) is 2.35. The number of halogens is 3. The summed E-state index contributed by atoms with van der Waals surface area (Å²) >= 11 is 0. The van der Waals surface area contributed by atoms with Gasteiger partial charge in [-0.2, -0.15) is 13.2 Å². The number of benzene rings is 1. The zero-order valence-corrected chi connectivity index (χ0v) is 13.8. The molecular formula is C18H15F3N4O. The second kappa shape index (κ2) is 7.38. The lowest BCUT2D eigenvalue weighted by Gasteiger charge is -2.13. The van der Waals surface area contributed by atoms with E-state index in [1.165, 1.54) is 7.11 Å². The molecule has 2 heterocycles. The largest absolute Gasteiger partial charge is 0.496 e. The Labute approximate surface area is 147 Å². The number of nitrogens with zero attached hydrogens (tertiary/aromatic N) is 3. The smallest absolute Gasteiger partial charge is 0.433 e. The molecule has 5 nitrogen and oxygen atoms in total. The zero-order chi connectivity index (χ0) is 18.6. The number of aromatic nitrogens is 3. The Morgan fingerprint density at radius 1 is 1.08 bits per heavy atom. The molecule has 0 saturated heterocycles. The van der Waals surface area contributed by atoms with Gasteiger partial charge in [-0.1, -0.05) is 18.2 Å². The average molecular weight is 360 g/mol. The first-order chi connectivity index (χ1) is 12.5. The van der Waals surface area contributed by atoms with Gasteiger partial charge in [0, 0.05) is 24.5 Å².